The fourth-order valence-corrected chi connectivity index (χ4v) is 1.08. The highest BCUT2D eigenvalue weighted by Crippen LogP contribution is 2.26. The van der Waals surface area contributed by atoms with Crippen LogP contribution >= 0.6 is 22.6 Å². The lowest BCUT2D eigenvalue weighted by Crippen LogP contribution is -2.31. The smallest absolute Gasteiger partial charge is 0.280 e. The maximum Gasteiger partial charge on any atom is 0.440 e. The summed E-state index contributed by atoms with van der Waals surface area (Å²) in [7, 11) is -6.09. The van der Waals surface area contributed by atoms with Crippen molar-refractivity contribution in [3.05, 3.63) is 0 Å². The molecule has 0 aliphatic carbocycles. The summed E-state index contributed by atoms with van der Waals surface area (Å²) >= 11 is 0.502. The Kier molecular flexibility index (Phi) is 2.68. The van der Waals surface area contributed by atoms with Gasteiger partial charge in [0.1, 0.15) is 0 Å². The molecule has 0 aliphatic rings. The van der Waals surface area contributed by atoms with Gasteiger partial charge in [0.2, 0.25) is 0 Å². The molecule has 0 heterocycles. The molecule has 0 rings (SSSR count). The van der Waals surface area contributed by atoms with Crippen LogP contribution < -0.4 is 0 Å². The highest BCUT2D eigenvalue weighted by molar-refractivity contribution is 14.1. The Morgan fingerprint density at radius 3 is 1.70 bits per heavy atom. The minimum Gasteiger partial charge on any atom is -0.280 e. The van der Waals surface area contributed by atoms with Crippen LogP contribution in [-0.2, 0) is 15.0 Å². The summed E-state index contributed by atoms with van der Waals surface area (Å²) in [6.07, 6.45) is 0. The third kappa shape index (κ3) is 1.81. The average molecular weight is 288 g/mol. The van der Waals surface area contributed by atoms with Crippen LogP contribution in [0.4, 0.5) is 12.7 Å². The third-order valence-corrected chi connectivity index (χ3v) is 2.38. The summed E-state index contributed by atoms with van der Waals surface area (Å²) in [5.74, 6) is 0. The molecule has 0 aliphatic heterocycles. The van der Waals surface area contributed by atoms with Crippen LogP contribution in [0.25, 0.3) is 0 Å². The van der Waals surface area contributed by atoms with E-state index in [9.17, 15) is 25.9 Å². The highest BCUT2D eigenvalue weighted by atomic mass is 127. The Labute approximate surface area is 67.9 Å². The summed E-state index contributed by atoms with van der Waals surface area (Å²) in [5, 5.41) is -4.91. The van der Waals surface area contributed by atoms with Gasteiger partial charge in [0, 0.05) is 22.6 Å². The van der Waals surface area contributed by atoms with Crippen LogP contribution in [0.15, 0.2) is 0 Å². The Balaban J connectivity index is 4.95. The molecule has 10 heavy (non-hydrogen) atoms. The van der Waals surface area contributed by atoms with E-state index < -0.39 is 19.3 Å². The second kappa shape index (κ2) is 2.64. The molecule has 0 fully saturated rings. The molecule has 0 unspecified atom stereocenters. The lowest BCUT2D eigenvalue weighted by atomic mass is 10.8. The first-order chi connectivity index (χ1) is 4.19. The van der Waals surface area contributed by atoms with E-state index in [1.54, 1.807) is 0 Å². The largest absolute Gasteiger partial charge is 0.440 e. The minimum atomic E-state index is -6.09. The zero-order valence-corrected chi connectivity index (χ0v) is 7.12. The number of carbonyl (C=O) groups excluding carboxylic acids is 1. The third-order valence-electron chi connectivity index (χ3n) is 0.535. The topological polar surface area (TPSA) is 51.2 Å². The number of hydrogen-bond donors (Lipinski definition) is 0. The van der Waals surface area contributed by atoms with Crippen molar-refractivity contribution in [3.8, 4) is 0 Å². The van der Waals surface area contributed by atoms with Crippen LogP contribution in [0.1, 0.15) is 0 Å². The molecule has 0 radical (unpaired) electrons. The number of halogens is 4. The highest BCUT2D eigenvalue weighted by Gasteiger charge is 2.52. The molecule has 0 saturated heterocycles. The molecule has 0 atom stereocenters. The van der Waals surface area contributed by atoms with Crippen molar-refractivity contribution in [3.63, 3.8) is 0 Å². The minimum absolute atomic E-state index is 0.502. The van der Waals surface area contributed by atoms with Crippen molar-refractivity contribution < 1.29 is 25.9 Å². The van der Waals surface area contributed by atoms with Gasteiger partial charge < -0.3 is 0 Å². The summed E-state index contributed by atoms with van der Waals surface area (Å²) < 4.78 is 51.7. The summed E-state index contributed by atoms with van der Waals surface area (Å²) in [6, 6.07) is 0. The van der Waals surface area contributed by atoms with Crippen molar-refractivity contribution >= 4 is 36.6 Å². The van der Waals surface area contributed by atoms with Crippen molar-refractivity contribution in [1.82, 2.24) is 0 Å². The van der Waals surface area contributed by atoms with Crippen molar-refractivity contribution in [2.24, 2.45) is 0 Å². The van der Waals surface area contributed by atoms with E-state index in [1.807, 2.05) is 0 Å². The number of rotatable bonds is 2. The maximum absolute atomic E-state index is 11.7. The fourth-order valence-electron chi connectivity index (χ4n) is 0.0958. The molecular formula is C2F3IO3S. The first-order valence-corrected chi connectivity index (χ1v) is 4.18. The lowest BCUT2D eigenvalue weighted by molar-refractivity contribution is -0.122. The van der Waals surface area contributed by atoms with E-state index >= 15 is 0 Å². The molecule has 0 N–H and O–H groups in total. The van der Waals surface area contributed by atoms with Gasteiger partial charge in [0.15, 0.2) is 0 Å². The van der Waals surface area contributed by atoms with Crippen LogP contribution in [0.3, 0.4) is 0 Å². The van der Waals surface area contributed by atoms with Crippen LogP contribution in [0.2, 0.25) is 0 Å². The second-order valence-corrected chi connectivity index (χ2v) is 3.60. The molecule has 0 bridgehead atoms. The van der Waals surface area contributed by atoms with Crippen LogP contribution in [0.5, 0.6) is 0 Å². The summed E-state index contributed by atoms with van der Waals surface area (Å²) in [4.78, 5) is 9.73. The standard InChI is InChI=1S/C2F3IO3S/c3-2(4,1(6)7)10(5,8)9. The van der Waals surface area contributed by atoms with Gasteiger partial charge in [-0.15, -0.1) is 0 Å². The van der Waals surface area contributed by atoms with Gasteiger partial charge in [0.05, 0.1) is 0 Å². The van der Waals surface area contributed by atoms with Gasteiger partial charge in [-0.2, -0.15) is 17.2 Å². The Morgan fingerprint density at radius 2 is 1.70 bits per heavy atom. The van der Waals surface area contributed by atoms with Gasteiger partial charge in [-0.1, -0.05) is 3.89 Å². The van der Waals surface area contributed by atoms with Gasteiger partial charge in [-0.3, -0.25) is 4.79 Å². The van der Waals surface area contributed by atoms with Crippen molar-refractivity contribution in [2.45, 2.75) is 5.25 Å². The first-order valence-electron chi connectivity index (χ1n) is 1.71. The molecule has 0 saturated carbocycles. The van der Waals surface area contributed by atoms with E-state index in [4.69, 9.17) is 0 Å². The van der Waals surface area contributed by atoms with Gasteiger partial charge in [-0.25, -0.2) is 0 Å². The van der Waals surface area contributed by atoms with Crippen LogP contribution in [-0.4, -0.2) is 17.5 Å². The molecular weight excluding hydrogens is 288 g/mol. The van der Waals surface area contributed by atoms with E-state index in [1.165, 1.54) is 0 Å². The fraction of sp³-hybridized carbons (Fsp3) is 0.500. The predicted molar refractivity (Wildman–Crippen MR) is 34.0 cm³/mol. The zero-order chi connectivity index (χ0) is 8.58. The van der Waals surface area contributed by atoms with E-state index in [2.05, 4.69) is 0 Å². The Bertz CT molecular complexity index is 244. The molecule has 0 aromatic rings. The Morgan fingerprint density at radius 1 is 1.40 bits per heavy atom. The Hall–Kier alpha value is 0.140. The number of hydrogen-bond acceptors (Lipinski definition) is 3. The summed E-state index contributed by atoms with van der Waals surface area (Å²) in [6.45, 7) is 0. The zero-order valence-electron chi connectivity index (χ0n) is 4.14. The molecule has 3 nitrogen and oxygen atoms in total. The van der Waals surface area contributed by atoms with E-state index in [0.717, 1.165) is 0 Å². The molecule has 0 amide bonds. The SMILES string of the molecule is O=C(I)C(F)(F)S(=O)(=O)F. The summed E-state index contributed by atoms with van der Waals surface area (Å²) in [5.41, 5.74) is 0. The van der Waals surface area contributed by atoms with E-state index in [-0.39, 0.29) is 0 Å². The van der Waals surface area contributed by atoms with Gasteiger partial charge >= 0.3 is 15.5 Å². The monoisotopic (exact) mass is 288 g/mol. The van der Waals surface area contributed by atoms with Gasteiger partial charge in [-0.05, 0) is 0 Å². The first kappa shape index (κ1) is 10.1. The quantitative estimate of drug-likeness (QED) is 0.559. The molecule has 8 heteroatoms. The molecule has 60 valence electrons. The van der Waals surface area contributed by atoms with E-state index in [0.29, 0.717) is 22.6 Å². The van der Waals surface area contributed by atoms with Crippen molar-refractivity contribution in [2.75, 3.05) is 0 Å². The molecule has 0 aromatic carbocycles. The predicted octanol–water partition coefficient (Wildman–Crippen LogP) is 0.840. The molecule has 0 aromatic heterocycles. The van der Waals surface area contributed by atoms with Crippen LogP contribution in [0, 0.1) is 0 Å². The lowest BCUT2D eigenvalue weighted by Gasteiger charge is -2.03. The average Bonchev–Trinajstić information content (AvgIpc) is 1.62. The number of alkyl halides is 2. The van der Waals surface area contributed by atoms with Crippen molar-refractivity contribution in [1.29, 1.82) is 0 Å². The maximum atomic E-state index is 11.7. The van der Waals surface area contributed by atoms with Gasteiger partial charge in [0.25, 0.3) is 3.79 Å². The second-order valence-electron chi connectivity index (χ2n) is 1.23. The number of carbonyl (C=O) groups is 1. The normalized spacial score (nSPS) is 13.2. The molecule has 0 spiro atoms.